The highest BCUT2D eigenvalue weighted by Gasteiger charge is 2.71. The van der Waals surface area contributed by atoms with Crippen LogP contribution in [0.1, 0.15) is 58.3 Å². The second kappa shape index (κ2) is 10.0. The lowest BCUT2D eigenvalue weighted by atomic mass is 9.53. The number of ether oxygens (including phenoxy) is 2. The van der Waals surface area contributed by atoms with Crippen LogP contribution in [0.15, 0.2) is 42.0 Å². The number of aliphatic hydroxyl groups is 1. The molecule has 1 heterocycles. The lowest BCUT2D eigenvalue weighted by Gasteiger charge is -2.55. The lowest BCUT2D eigenvalue weighted by Crippen LogP contribution is -2.63. The Morgan fingerprint density at radius 1 is 1.27 bits per heavy atom. The number of carbonyl (C=O) groups is 2. The van der Waals surface area contributed by atoms with E-state index in [1.807, 2.05) is 0 Å². The second-order valence-corrected chi connectivity index (χ2v) is 12.6. The van der Waals surface area contributed by atoms with Crippen LogP contribution in [0.2, 0.25) is 0 Å². The average molecular weight is 587 g/mol. The van der Waals surface area contributed by atoms with Crippen LogP contribution in [0.25, 0.3) is 0 Å². The summed E-state index contributed by atoms with van der Waals surface area (Å²) in [6, 6.07) is 1.70. The maximum Gasteiger partial charge on any atom is 0.226 e. The number of rotatable bonds is 6. The number of halogens is 5. The number of carbonyl (C=O) groups excluding carboxylic acids is 2. The lowest BCUT2D eigenvalue weighted by molar-refractivity contribution is -0.176. The molecule has 1 saturated heterocycles. The Morgan fingerprint density at radius 2 is 2.00 bits per heavy atom. The standard InChI is InChI=1S/C29H31F5O5S/c1-15-10-21(33)19-12-17(35)6-9-27(19,3)28(15,34)22(36)13-26(2)8-7-23-29(26,25(37)40-14-30)39-24(38-23)18-5-4-16(31)11-20(18)32/h4-6,9,11-12,15,21-24,36H,7-8,10,13-14H2,1-3H3/t15-,21+,22+,23-,24?,26-,27+,28+,29+/m1/s1. The van der Waals surface area contributed by atoms with Gasteiger partial charge in [0, 0.05) is 22.5 Å². The Hall–Kier alpha value is -2.08. The molecular weight excluding hydrogens is 555 g/mol. The van der Waals surface area contributed by atoms with Gasteiger partial charge in [-0.3, -0.25) is 9.59 Å². The summed E-state index contributed by atoms with van der Waals surface area (Å²) in [6.07, 6.45) is -2.42. The van der Waals surface area contributed by atoms with Crippen molar-refractivity contribution in [3.8, 4) is 0 Å². The van der Waals surface area contributed by atoms with Crippen LogP contribution in [-0.4, -0.2) is 51.7 Å². The van der Waals surface area contributed by atoms with E-state index in [-0.39, 0.29) is 36.8 Å². The Kier molecular flexibility index (Phi) is 7.37. The molecule has 218 valence electrons. The zero-order valence-electron chi connectivity index (χ0n) is 22.3. The summed E-state index contributed by atoms with van der Waals surface area (Å²) in [7, 11) is 0. The molecule has 1 aliphatic heterocycles. The quantitative estimate of drug-likeness (QED) is 0.412. The predicted octanol–water partition coefficient (Wildman–Crippen LogP) is 6.01. The summed E-state index contributed by atoms with van der Waals surface area (Å²) in [5, 5.41) is 10.9. The summed E-state index contributed by atoms with van der Waals surface area (Å²) < 4.78 is 86.1. The minimum absolute atomic E-state index is 0.0554. The fraction of sp³-hybridized carbons (Fsp3) is 0.586. The molecule has 4 aliphatic rings. The first kappa shape index (κ1) is 29.4. The normalized spacial score (nSPS) is 41.4. The van der Waals surface area contributed by atoms with Crippen LogP contribution in [0.3, 0.4) is 0 Å². The van der Waals surface area contributed by atoms with Crippen molar-refractivity contribution in [2.45, 2.75) is 82.4 Å². The highest BCUT2D eigenvalue weighted by molar-refractivity contribution is 8.13. The van der Waals surface area contributed by atoms with Gasteiger partial charge in [-0.15, -0.1) is 0 Å². The summed E-state index contributed by atoms with van der Waals surface area (Å²) in [4.78, 5) is 25.6. The Morgan fingerprint density at radius 3 is 2.67 bits per heavy atom. The molecule has 0 bridgehead atoms. The van der Waals surface area contributed by atoms with Crippen molar-refractivity contribution in [3.63, 3.8) is 0 Å². The molecule has 0 amide bonds. The van der Waals surface area contributed by atoms with Crippen LogP contribution in [0.4, 0.5) is 22.0 Å². The van der Waals surface area contributed by atoms with Gasteiger partial charge in [-0.2, -0.15) is 0 Å². The summed E-state index contributed by atoms with van der Waals surface area (Å²) >= 11 is 0.335. The van der Waals surface area contributed by atoms with Gasteiger partial charge in [0.1, 0.15) is 23.8 Å². The van der Waals surface area contributed by atoms with E-state index in [1.165, 1.54) is 19.9 Å². The molecule has 5 nitrogen and oxygen atoms in total. The monoisotopic (exact) mass is 586 g/mol. The van der Waals surface area contributed by atoms with Gasteiger partial charge in [0.15, 0.2) is 23.3 Å². The largest absolute Gasteiger partial charge is 0.390 e. The number of aliphatic hydroxyl groups excluding tert-OH is 1. The second-order valence-electron chi connectivity index (χ2n) is 11.7. The topological polar surface area (TPSA) is 72.8 Å². The van der Waals surface area contributed by atoms with Crippen molar-refractivity contribution in [3.05, 3.63) is 59.2 Å². The molecule has 9 atom stereocenters. The van der Waals surface area contributed by atoms with Gasteiger partial charge in [-0.1, -0.05) is 31.7 Å². The van der Waals surface area contributed by atoms with Crippen molar-refractivity contribution in [1.82, 2.24) is 0 Å². The zero-order chi connectivity index (χ0) is 29.3. The van der Waals surface area contributed by atoms with Gasteiger partial charge in [-0.05, 0) is 68.4 Å². The molecule has 3 aliphatic carbocycles. The fourth-order valence-corrected chi connectivity index (χ4v) is 8.19. The maximum atomic E-state index is 17.3. The zero-order valence-corrected chi connectivity index (χ0v) is 23.1. The van der Waals surface area contributed by atoms with Gasteiger partial charge in [0.25, 0.3) is 0 Å². The summed E-state index contributed by atoms with van der Waals surface area (Å²) in [5.74, 6) is -3.24. The first-order valence-electron chi connectivity index (χ1n) is 13.2. The molecule has 0 radical (unpaired) electrons. The number of ketones is 1. The molecule has 2 saturated carbocycles. The van der Waals surface area contributed by atoms with Crippen LogP contribution >= 0.6 is 11.8 Å². The number of hydrogen-bond donors (Lipinski definition) is 1. The molecule has 40 heavy (non-hydrogen) atoms. The van der Waals surface area contributed by atoms with Crippen molar-refractivity contribution in [2.24, 2.45) is 16.7 Å². The maximum absolute atomic E-state index is 17.3. The van der Waals surface area contributed by atoms with Gasteiger partial charge in [0.2, 0.25) is 5.12 Å². The van der Waals surface area contributed by atoms with E-state index >= 15 is 8.78 Å². The number of hydrogen-bond acceptors (Lipinski definition) is 6. The Balaban J connectivity index is 1.53. The summed E-state index contributed by atoms with van der Waals surface area (Å²) in [5.41, 5.74) is -7.51. The van der Waals surface area contributed by atoms with Crippen molar-refractivity contribution >= 4 is 22.7 Å². The van der Waals surface area contributed by atoms with Gasteiger partial charge < -0.3 is 14.6 Å². The molecule has 0 aromatic heterocycles. The third-order valence-electron chi connectivity index (χ3n) is 9.61. The minimum atomic E-state index is -2.45. The van der Waals surface area contributed by atoms with Crippen LogP contribution in [0, 0.1) is 28.4 Å². The predicted molar refractivity (Wildman–Crippen MR) is 137 cm³/mol. The van der Waals surface area contributed by atoms with E-state index in [4.69, 9.17) is 9.47 Å². The van der Waals surface area contributed by atoms with Gasteiger partial charge in [-0.25, -0.2) is 22.0 Å². The highest BCUT2D eigenvalue weighted by atomic mass is 32.2. The van der Waals surface area contributed by atoms with E-state index in [0.29, 0.717) is 17.8 Å². The first-order valence-corrected chi connectivity index (χ1v) is 14.2. The Bertz CT molecular complexity index is 1290. The molecule has 1 N–H and O–H groups in total. The molecule has 11 heteroatoms. The number of thioether (sulfide) groups is 1. The molecule has 1 aromatic carbocycles. The van der Waals surface area contributed by atoms with Crippen LogP contribution < -0.4 is 0 Å². The van der Waals surface area contributed by atoms with E-state index in [1.54, 1.807) is 6.92 Å². The van der Waals surface area contributed by atoms with Crippen LogP contribution in [-0.2, 0) is 19.1 Å². The van der Waals surface area contributed by atoms with Crippen LogP contribution in [0.5, 0.6) is 0 Å². The number of benzene rings is 1. The number of fused-ring (bicyclic) bond motifs is 2. The molecule has 1 aromatic rings. The van der Waals surface area contributed by atoms with Crippen molar-refractivity contribution in [1.29, 1.82) is 0 Å². The van der Waals surface area contributed by atoms with E-state index in [2.05, 4.69) is 0 Å². The third kappa shape index (κ3) is 4.06. The first-order chi connectivity index (χ1) is 18.7. The molecule has 1 unspecified atom stereocenters. The van der Waals surface area contributed by atoms with E-state index in [0.717, 1.165) is 24.3 Å². The highest BCUT2D eigenvalue weighted by Crippen LogP contribution is 2.64. The van der Waals surface area contributed by atoms with E-state index < -0.39 is 81.2 Å². The molecular formula is C29H31F5O5S. The molecule has 3 fully saturated rings. The fourth-order valence-electron chi connectivity index (χ4n) is 7.45. The smallest absolute Gasteiger partial charge is 0.226 e. The summed E-state index contributed by atoms with van der Waals surface area (Å²) in [6.45, 7) is 4.54. The third-order valence-corrected chi connectivity index (χ3v) is 10.3. The van der Waals surface area contributed by atoms with Crippen molar-refractivity contribution in [2.75, 3.05) is 6.01 Å². The van der Waals surface area contributed by atoms with E-state index in [9.17, 15) is 27.9 Å². The average Bonchev–Trinajstić information content (AvgIpc) is 3.40. The molecule has 0 spiro atoms. The molecule has 5 rings (SSSR count). The van der Waals surface area contributed by atoms with Crippen molar-refractivity contribution < 1.29 is 46.1 Å². The SMILES string of the molecule is C[C@@H]1C[C@H](F)C2=CC(=O)C=C[C@]2(C)[C@@]1(F)[C@@H](O)C[C@@]1(C)CC[C@H]2OC(c3ccc(F)cc3F)O[C@]21C(=O)SCF. The Labute approximate surface area is 233 Å². The van der Waals surface area contributed by atoms with Gasteiger partial charge in [0.05, 0.1) is 12.2 Å². The minimum Gasteiger partial charge on any atom is -0.390 e. The number of allylic oxidation sites excluding steroid dienone is 4. The van der Waals surface area contributed by atoms with Gasteiger partial charge >= 0.3 is 0 Å². The number of alkyl halides is 3.